The predicted molar refractivity (Wildman–Crippen MR) is 62.6 cm³/mol. The Kier molecular flexibility index (Phi) is 4.68. The van der Waals surface area contributed by atoms with Crippen LogP contribution in [0.25, 0.3) is 0 Å². The molecule has 1 heteroatoms. The Morgan fingerprint density at radius 2 is 2.00 bits per heavy atom. The zero-order chi connectivity index (χ0) is 10.4. The van der Waals surface area contributed by atoms with Crippen LogP contribution < -0.4 is 5.32 Å². The Morgan fingerprint density at radius 1 is 1.29 bits per heavy atom. The lowest BCUT2D eigenvalue weighted by atomic mass is 9.99. The fourth-order valence-electron chi connectivity index (χ4n) is 1.80. The highest BCUT2D eigenvalue weighted by atomic mass is 14.8. The van der Waals surface area contributed by atoms with Gasteiger partial charge in [-0.25, -0.2) is 0 Å². The first-order chi connectivity index (χ1) is 6.76. The summed E-state index contributed by atoms with van der Waals surface area (Å²) in [6, 6.07) is 8.92. The molecule has 0 fully saturated rings. The minimum Gasteiger partial charge on any atom is -0.319 e. The third-order valence-corrected chi connectivity index (χ3v) is 2.54. The lowest BCUT2D eigenvalue weighted by Gasteiger charge is -2.11. The molecular formula is C13H21N. The van der Waals surface area contributed by atoms with Gasteiger partial charge in [0.1, 0.15) is 0 Å². The second-order valence-electron chi connectivity index (χ2n) is 4.04. The molecule has 0 spiro atoms. The van der Waals surface area contributed by atoms with Crippen molar-refractivity contribution in [1.82, 2.24) is 5.32 Å². The SMILES string of the molecule is CCc1cccc(CC(C)CNC)c1. The standard InChI is InChI=1S/C13H21N/c1-4-12-6-5-7-13(9-12)8-11(2)10-14-3/h5-7,9,11,14H,4,8,10H2,1-3H3. The lowest BCUT2D eigenvalue weighted by Crippen LogP contribution is -2.17. The molecule has 0 aromatic heterocycles. The molecule has 0 radical (unpaired) electrons. The van der Waals surface area contributed by atoms with Crippen LogP contribution in [0.15, 0.2) is 24.3 Å². The summed E-state index contributed by atoms with van der Waals surface area (Å²) in [7, 11) is 2.01. The normalized spacial score (nSPS) is 12.8. The number of aryl methyl sites for hydroxylation is 1. The maximum atomic E-state index is 3.22. The van der Waals surface area contributed by atoms with E-state index in [0.29, 0.717) is 5.92 Å². The van der Waals surface area contributed by atoms with Crippen molar-refractivity contribution in [2.24, 2.45) is 5.92 Å². The van der Waals surface area contributed by atoms with Crippen LogP contribution in [0.2, 0.25) is 0 Å². The van der Waals surface area contributed by atoms with Crippen molar-refractivity contribution in [2.45, 2.75) is 26.7 Å². The Balaban J connectivity index is 2.57. The minimum absolute atomic E-state index is 0.715. The molecule has 0 heterocycles. The molecule has 1 atom stereocenters. The number of benzene rings is 1. The minimum atomic E-state index is 0.715. The van der Waals surface area contributed by atoms with Gasteiger partial charge in [-0.05, 0) is 43.5 Å². The molecule has 78 valence electrons. The predicted octanol–water partition coefficient (Wildman–Crippen LogP) is 2.65. The fourth-order valence-corrected chi connectivity index (χ4v) is 1.80. The first-order valence-corrected chi connectivity index (χ1v) is 5.48. The third-order valence-electron chi connectivity index (χ3n) is 2.54. The molecule has 0 bridgehead atoms. The van der Waals surface area contributed by atoms with Crippen LogP contribution in [-0.4, -0.2) is 13.6 Å². The van der Waals surface area contributed by atoms with Crippen LogP contribution in [0.3, 0.4) is 0 Å². The summed E-state index contributed by atoms with van der Waals surface area (Å²) in [5.74, 6) is 0.715. The molecule has 0 aliphatic heterocycles. The van der Waals surface area contributed by atoms with Gasteiger partial charge in [-0.15, -0.1) is 0 Å². The van der Waals surface area contributed by atoms with Crippen molar-refractivity contribution >= 4 is 0 Å². The molecule has 1 nitrogen and oxygen atoms in total. The molecule has 1 rings (SSSR count). The molecular weight excluding hydrogens is 170 g/mol. The van der Waals surface area contributed by atoms with Crippen molar-refractivity contribution in [3.05, 3.63) is 35.4 Å². The molecule has 0 aliphatic rings. The highest BCUT2D eigenvalue weighted by Crippen LogP contribution is 2.10. The number of hydrogen-bond acceptors (Lipinski definition) is 1. The van der Waals surface area contributed by atoms with Gasteiger partial charge >= 0.3 is 0 Å². The molecule has 1 unspecified atom stereocenters. The van der Waals surface area contributed by atoms with Crippen LogP contribution in [0, 0.1) is 5.92 Å². The molecule has 14 heavy (non-hydrogen) atoms. The van der Waals surface area contributed by atoms with E-state index in [-0.39, 0.29) is 0 Å². The van der Waals surface area contributed by atoms with Crippen LogP contribution in [0.1, 0.15) is 25.0 Å². The Morgan fingerprint density at radius 3 is 2.64 bits per heavy atom. The number of hydrogen-bond donors (Lipinski definition) is 1. The van der Waals surface area contributed by atoms with Crippen molar-refractivity contribution in [3.63, 3.8) is 0 Å². The first-order valence-electron chi connectivity index (χ1n) is 5.48. The van der Waals surface area contributed by atoms with E-state index in [1.54, 1.807) is 0 Å². The van der Waals surface area contributed by atoms with Crippen molar-refractivity contribution in [2.75, 3.05) is 13.6 Å². The van der Waals surface area contributed by atoms with E-state index in [0.717, 1.165) is 13.0 Å². The summed E-state index contributed by atoms with van der Waals surface area (Å²) >= 11 is 0. The Bertz CT molecular complexity index is 268. The van der Waals surface area contributed by atoms with E-state index >= 15 is 0 Å². The summed E-state index contributed by atoms with van der Waals surface area (Å²) in [6.07, 6.45) is 2.31. The second kappa shape index (κ2) is 5.82. The average molecular weight is 191 g/mol. The van der Waals surface area contributed by atoms with Gasteiger partial charge in [0.05, 0.1) is 0 Å². The average Bonchev–Trinajstić information content (AvgIpc) is 2.18. The highest BCUT2D eigenvalue weighted by Gasteiger charge is 2.02. The van der Waals surface area contributed by atoms with E-state index in [1.807, 2.05) is 7.05 Å². The molecule has 0 saturated carbocycles. The van der Waals surface area contributed by atoms with E-state index in [2.05, 4.69) is 43.4 Å². The summed E-state index contributed by atoms with van der Waals surface area (Å²) in [6.45, 7) is 5.58. The van der Waals surface area contributed by atoms with E-state index in [4.69, 9.17) is 0 Å². The van der Waals surface area contributed by atoms with Gasteiger partial charge in [-0.3, -0.25) is 0 Å². The molecule has 1 aromatic rings. The zero-order valence-electron chi connectivity index (χ0n) is 9.51. The number of nitrogens with one attached hydrogen (secondary N) is 1. The van der Waals surface area contributed by atoms with Crippen LogP contribution in [-0.2, 0) is 12.8 Å². The van der Waals surface area contributed by atoms with Gasteiger partial charge in [0.25, 0.3) is 0 Å². The molecule has 1 aromatic carbocycles. The van der Waals surface area contributed by atoms with Crippen molar-refractivity contribution < 1.29 is 0 Å². The zero-order valence-corrected chi connectivity index (χ0v) is 9.51. The van der Waals surface area contributed by atoms with Crippen LogP contribution >= 0.6 is 0 Å². The number of rotatable bonds is 5. The Hall–Kier alpha value is -0.820. The van der Waals surface area contributed by atoms with Gasteiger partial charge < -0.3 is 5.32 Å². The Labute approximate surface area is 87.5 Å². The monoisotopic (exact) mass is 191 g/mol. The van der Waals surface area contributed by atoms with Gasteiger partial charge in [-0.1, -0.05) is 38.1 Å². The highest BCUT2D eigenvalue weighted by molar-refractivity contribution is 5.23. The van der Waals surface area contributed by atoms with Gasteiger partial charge in [0.15, 0.2) is 0 Å². The van der Waals surface area contributed by atoms with Crippen molar-refractivity contribution in [1.29, 1.82) is 0 Å². The first kappa shape index (κ1) is 11.3. The fraction of sp³-hybridized carbons (Fsp3) is 0.538. The van der Waals surface area contributed by atoms with E-state index in [1.165, 1.54) is 17.5 Å². The van der Waals surface area contributed by atoms with Gasteiger partial charge in [0.2, 0.25) is 0 Å². The molecule has 0 aliphatic carbocycles. The smallest absolute Gasteiger partial charge is 0.00230 e. The molecule has 1 N–H and O–H groups in total. The van der Waals surface area contributed by atoms with Gasteiger partial charge in [0, 0.05) is 0 Å². The van der Waals surface area contributed by atoms with Crippen LogP contribution in [0.5, 0.6) is 0 Å². The van der Waals surface area contributed by atoms with Crippen LogP contribution in [0.4, 0.5) is 0 Å². The lowest BCUT2D eigenvalue weighted by molar-refractivity contribution is 0.541. The van der Waals surface area contributed by atoms with E-state index in [9.17, 15) is 0 Å². The largest absolute Gasteiger partial charge is 0.319 e. The maximum Gasteiger partial charge on any atom is -0.00230 e. The summed E-state index contributed by atoms with van der Waals surface area (Å²) in [5.41, 5.74) is 2.91. The molecule has 0 amide bonds. The van der Waals surface area contributed by atoms with E-state index < -0.39 is 0 Å². The quantitative estimate of drug-likeness (QED) is 0.754. The topological polar surface area (TPSA) is 12.0 Å². The summed E-state index contributed by atoms with van der Waals surface area (Å²) in [5, 5.41) is 3.22. The maximum absolute atomic E-state index is 3.22. The third kappa shape index (κ3) is 3.51. The second-order valence-corrected chi connectivity index (χ2v) is 4.04. The molecule has 0 saturated heterocycles. The van der Waals surface area contributed by atoms with Crippen molar-refractivity contribution in [3.8, 4) is 0 Å². The summed E-state index contributed by atoms with van der Waals surface area (Å²) in [4.78, 5) is 0. The summed E-state index contributed by atoms with van der Waals surface area (Å²) < 4.78 is 0. The van der Waals surface area contributed by atoms with Gasteiger partial charge in [-0.2, -0.15) is 0 Å².